The Balaban J connectivity index is 1.27. The van der Waals surface area contributed by atoms with Crippen LogP contribution in [0, 0.1) is 5.92 Å². The number of piperidine rings is 1. The molecule has 4 rings (SSSR count). The quantitative estimate of drug-likeness (QED) is 0.772. The summed E-state index contributed by atoms with van der Waals surface area (Å²) in [7, 11) is 2.15. The fourth-order valence-electron chi connectivity index (χ4n) is 4.13. The minimum absolute atomic E-state index is 0.108. The van der Waals surface area contributed by atoms with Gasteiger partial charge in [0, 0.05) is 24.2 Å². The fourth-order valence-corrected chi connectivity index (χ4v) is 4.13. The van der Waals surface area contributed by atoms with Crippen LogP contribution >= 0.6 is 0 Å². The Bertz CT molecular complexity index is 881. The molecule has 2 aliphatic rings. The van der Waals surface area contributed by atoms with Crippen molar-refractivity contribution >= 4 is 17.5 Å². The molecule has 0 aliphatic carbocycles. The number of likely N-dealkylation sites (tertiary alicyclic amines) is 1. The molecule has 1 atom stereocenters. The van der Waals surface area contributed by atoms with Crippen LogP contribution in [0.25, 0.3) is 0 Å². The lowest BCUT2D eigenvalue weighted by molar-refractivity contribution is -0.122. The number of amides is 2. The van der Waals surface area contributed by atoms with E-state index in [1.165, 1.54) is 12.8 Å². The average Bonchev–Trinajstić information content (AvgIpc) is 3.20. The summed E-state index contributed by atoms with van der Waals surface area (Å²) in [6.07, 6.45) is 3.41. The number of nitrogens with one attached hydrogen (secondary N) is 2. The third-order valence-electron chi connectivity index (χ3n) is 6.01. The number of carbonyl (C=O) groups is 2. The predicted octanol–water partition coefficient (Wildman–Crippen LogP) is 3.09. The molecule has 2 heterocycles. The van der Waals surface area contributed by atoms with Crippen molar-refractivity contribution in [2.45, 2.75) is 31.8 Å². The molecular formula is C24H29N3O3. The molecular weight excluding hydrogens is 378 g/mol. The maximum absolute atomic E-state index is 12.6. The van der Waals surface area contributed by atoms with Crippen molar-refractivity contribution in [1.82, 2.24) is 10.2 Å². The molecule has 2 aromatic carbocycles. The van der Waals surface area contributed by atoms with Gasteiger partial charge in [-0.05, 0) is 75.1 Å². The van der Waals surface area contributed by atoms with Crippen molar-refractivity contribution in [2.24, 2.45) is 5.92 Å². The Morgan fingerprint density at radius 3 is 2.70 bits per heavy atom. The van der Waals surface area contributed by atoms with Crippen molar-refractivity contribution in [2.75, 3.05) is 32.0 Å². The van der Waals surface area contributed by atoms with E-state index in [9.17, 15) is 9.59 Å². The summed E-state index contributed by atoms with van der Waals surface area (Å²) in [6, 6.07) is 14.7. The number of benzene rings is 2. The average molecular weight is 408 g/mol. The second-order valence-electron chi connectivity index (χ2n) is 8.28. The summed E-state index contributed by atoms with van der Waals surface area (Å²) in [5.74, 6) is 1.13. The van der Waals surface area contributed by atoms with E-state index in [-0.39, 0.29) is 11.8 Å². The van der Waals surface area contributed by atoms with E-state index in [2.05, 4.69) is 22.6 Å². The molecule has 0 aromatic heterocycles. The highest BCUT2D eigenvalue weighted by atomic mass is 16.5. The van der Waals surface area contributed by atoms with Crippen LogP contribution in [0.3, 0.4) is 0 Å². The lowest BCUT2D eigenvalue weighted by Crippen LogP contribution is -2.33. The molecule has 6 nitrogen and oxygen atoms in total. The Morgan fingerprint density at radius 2 is 1.90 bits per heavy atom. The van der Waals surface area contributed by atoms with Gasteiger partial charge in [0.1, 0.15) is 5.75 Å². The Labute approximate surface area is 177 Å². The van der Waals surface area contributed by atoms with Crippen LogP contribution in [-0.4, -0.2) is 49.5 Å². The second kappa shape index (κ2) is 9.30. The molecule has 2 N–H and O–H groups in total. The first-order valence-corrected chi connectivity index (χ1v) is 10.7. The van der Waals surface area contributed by atoms with Crippen molar-refractivity contribution in [3.8, 4) is 5.75 Å². The summed E-state index contributed by atoms with van der Waals surface area (Å²) in [5.41, 5.74) is 2.18. The van der Waals surface area contributed by atoms with Gasteiger partial charge in [0.2, 0.25) is 0 Å². The summed E-state index contributed by atoms with van der Waals surface area (Å²) in [4.78, 5) is 27.5. The van der Waals surface area contributed by atoms with E-state index in [1.54, 1.807) is 24.3 Å². The number of hydrogen-bond donors (Lipinski definition) is 2. The highest BCUT2D eigenvalue weighted by molar-refractivity contribution is 5.98. The zero-order valence-corrected chi connectivity index (χ0v) is 17.4. The normalized spacial score (nSPS) is 19.0. The smallest absolute Gasteiger partial charge is 0.265 e. The predicted molar refractivity (Wildman–Crippen MR) is 117 cm³/mol. The van der Waals surface area contributed by atoms with Crippen LogP contribution in [0.2, 0.25) is 0 Å². The molecule has 1 fully saturated rings. The number of carbonyl (C=O) groups excluding carboxylic acids is 2. The lowest BCUT2D eigenvalue weighted by atomic mass is 9.94. The van der Waals surface area contributed by atoms with Gasteiger partial charge >= 0.3 is 0 Å². The largest absolute Gasteiger partial charge is 0.480 e. The zero-order chi connectivity index (χ0) is 20.9. The highest BCUT2D eigenvalue weighted by Crippen LogP contribution is 2.28. The van der Waals surface area contributed by atoms with Gasteiger partial charge in [-0.3, -0.25) is 9.59 Å². The fraction of sp³-hybridized carbons (Fsp3) is 0.417. The van der Waals surface area contributed by atoms with Gasteiger partial charge in [0.25, 0.3) is 11.8 Å². The monoisotopic (exact) mass is 407 g/mol. The molecule has 0 saturated carbocycles. The van der Waals surface area contributed by atoms with E-state index < -0.39 is 6.10 Å². The Hall–Kier alpha value is -2.86. The zero-order valence-electron chi connectivity index (χ0n) is 17.4. The first-order chi connectivity index (χ1) is 14.6. The lowest BCUT2D eigenvalue weighted by Gasteiger charge is -2.28. The van der Waals surface area contributed by atoms with Crippen LogP contribution in [0.4, 0.5) is 5.69 Å². The number of anilines is 1. The summed E-state index contributed by atoms with van der Waals surface area (Å²) >= 11 is 0. The van der Waals surface area contributed by atoms with Gasteiger partial charge in [-0.2, -0.15) is 0 Å². The second-order valence-corrected chi connectivity index (χ2v) is 8.28. The van der Waals surface area contributed by atoms with Gasteiger partial charge in [-0.1, -0.05) is 24.3 Å². The number of rotatable bonds is 6. The maximum Gasteiger partial charge on any atom is 0.265 e. The Kier molecular flexibility index (Phi) is 6.33. The van der Waals surface area contributed by atoms with Crippen molar-refractivity contribution in [1.29, 1.82) is 0 Å². The third-order valence-corrected chi connectivity index (χ3v) is 6.01. The van der Waals surface area contributed by atoms with Gasteiger partial charge in [-0.25, -0.2) is 0 Å². The van der Waals surface area contributed by atoms with E-state index in [1.807, 2.05) is 24.3 Å². The maximum atomic E-state index is 12.6. The first-order valence-electron chi connectivity index (χ1n) is 10.7. The van der Waals surface area contributed by atoms with E-state index in [4.69, 9.17) is 4.74 Å². The highest BCUT2D eigenvalue weighted by Gasteiger charge is 2.28. The van der Waals surface area contributed by atoms with E-state index in [0.29, 0.717) is 30.1 Å². The first kappa shape index (κ1) is 20.4. The van der Waals surface area contributed by atoms with Gasteiger partial charge in [-0.15, -0.1) is 0 Å². The van der Waals surface area contributed by atoms with Crippen LogP contribution in [-0.2, 0) is 11.2 Å². The molecule has 0 bridgehead atoms. The molecule has 2 amide bonds. The molecule has 0 radical (unpaired) electrons. The Morgan fingerprint density at radius 1 is 1.10 bits per heavy atom. The van der Waals surface area contributed by atoms with Crippen LogP contribution in [0.15, 0.2) is 48.5 Å². The summed E-state index contributed by atoms with van der Waals surface area (Å²) in [6.45, 7) is 2.95. The van der Waals surface area contributed by atoms with Crippen LogP contribution in [0.1, 0.15) is 35.2 Å². The topological polar surface area (TPSA) is 70.7 Å². The van der Waals surface area contributed by atoms with Gasteiger partial charge in [0.05, 0.1) is 0 Å². The minimum atomic E-state index is -0.547. The third kappa shape index (κ3) is 5.00. The van der Waals surface area contributed by atoms with Gasteiger partial charge in [0.15, 0.2) is 6.10 Å². The number of ether oxygens (including phenoxy) is 1. The van der Waals surface area contributed by atoms with Gasteiger partial charge < -0.3 is 20.3 Å². The molecule has 1 unspecified atom stereocenters. The number of fused-ring (bicyclic) bond motifs is 1. The van der Waals surface area contributed by atoms with Crippen LogP contribution in [0.5, 0.6) is 5.75 Å². The molecule has 1 saturated heterocycles. The number of nitrogens with zero attached hydrogens (tertiary/aromatic N) is 1. The summed E-state index contributed by atoms with van der Waals surface area (Å²) in [5, 5.41) is 5.89. The minimum Gasteiger partial charge on any atom is -0.480 e. The standard InChI is InChI=1S/C24H29N3O3/c1-27-13-10-17(11-14-27)9-12-25-23(28)19-6-4-7-20(15-19)26-24(29)22-16-18-5-2-3-8-21(18)30-22/h2-8,15,17,22H,9-14,16H2,1H3,(H,25,28)(H,26,29). The van der Waals surface area contributed by atoms with Crippen LogP contribution < -0.4 is 15.4 Å². The molecule has 2 aliphatic heterocycles. The number of hydrogen-bond acceptors (Lipinski definition) is 4. The molecule has 0 spiro atoms. The van der Waals surface area contributed by atoms with E-state index >= 15 is 0 Å². The molecule has 6 heteroatoms. The summed E-state index contributed by atoms with van der Waals surface area (Å²) < 4.78 is 5.74. The van der Waals surface area contributed by atoms with Crippen molar-refractivity contribution < 1.29 is 14.3 Å². The molecule has 30 heavy (non-hydrogen) atoms. The molecule has 158 valence electrons. The SMILES string of the molecule is CN1CCC(CCNC(=O)c2cccc(NC(=O)C3Cc4ccccc4O3)c2)CC1. The van der Waals surface area contributed by atoms with Crippen molar-refractivity contribution in [3.05, 3.63) is 59.7 Å². The van der Waals surface area contributed by atoms with Crippen molar-refractivity contribution in [3.63, 3.8) is 0 Å². The molecule has 2 aromatic rings. The van der Waals surface area contributed by atoms with E-state index in [0.717, 1.165) is 30.8 Å². The number of para-hydroxylation sites is 1.